The van der Waals surface area contributed by atoms with Crippen molar-refractivity contribution in [2.45, 2.75) is 31.8 Å². The van der Waals surface area contributed by atoms with Crippen molar-refractivity contribution in [2.75, 3.05) is 40.6 Å². The first kappa shape index (κ1) is 16.3. The van der Waals surface area contributed by atoms with Crippen LogP contribution in [-0.4, -0.2) is 57.4 Å². The van der Waals surface area contributed by atoms with Crippen LogP contribution in [0, 0.1) is 0 Å². The highest BCUT2D eigenvalue weighted by molar-refractivity contribution is 5.87. The Hall–Kier alpha value is -2.15. The fourth-order valence-electron chi connectivity index (χ4n) is 3.73. The van der Waals surface area contributed by atoms with Gasteiger partial charge in [0.2, 0.25) is 18.3 Å². The first-order valence-electron chi connectivity index (χ1n) is 8.76. The molecule has 0 unspecified atom stereocenters. The molecular formula is C18H24N2O5. The van der Waals surface area contributed by atoms with Crippen molar-refractivity contribution < 1.29 is 23.8 Å². The van der Waals surface area contributed by atoms with Crippen LogP contribution in [0.5, 0.6) is 23.0 Å². The molecule has 0 spiro atoms. The van der Waals surface area contributed by atoms with Gasteiger partial charge in [-0.05, 0) is 32.0 Å². The lowest BCUT2D eigenvalue weighted by atomic mass is 10.0. The van der Waals surface area contributed by atoms with Crippen LogP contribution in [-0.2, 0) is 11.3 Å². The molecule has 0 aromatic heterocycles. The van der Waals surface area contributed by atoms with Gasteiger partial charge in [0.1, 0.15) is 6.10 Å². The molecule has 1 aromatic carbocycles. The van der Waals surface area contributed by atoms with Gasteiger partial charge in [0, 0.05) is 24.9 Å². The number of likely N-dealkylation sites (tertiary alicyclic amines) is 1. The fraction of sp³-hybridized carbons (Fsp3) is 0.611. The molecule has 3 aliphatic heterocycles. The summed E-state index contributed by atoms with van der Waals surface area (Å²) in [6.07, 6.45) is 4.11. The zero-order chi connectivity index (χ0) is 17.2. The van der Waals surface area contributed by atoms with Crippen LogP contribution in [0.15, 0.2) is 11.2 Å². The highest BCUT2D eigenvalue weighted by Gasteiger charge is 2.30. The molecule has 0 bridgehead atoms. The van der Waals surface area contributed by atoms with Crippen LogP contribution in [0.25, 0.3) is 0 Å². The lowest BCUT2D eigenvalue weighted by Gasteiger charge is -2.16. The minimum absolute atomic E-state index is 0.0107. The third-order valence-electron chi connectivity index (χ3n) is 4.91. The number of rotatable bonds is 6. The maximum absolute atomic E-state index is 5.67. The lowest BCUT2D eigenvalue weighted by molar-refractivity contribution is 0.0852. The molecule has 0 saturated carbocycles. The number of methoxy groups -OCH3 is 2. The summed E-state index contributed by atoms with van der Waals surface area (Å²) in [5.41, 5.74) is 2.10. The van der Waals surface area contributed by atoms with Gasteiger partial charge >= 0.3 is 0 Å². The monoisotopic (exact) mass is 348 g/mol. The summed E-state index contributed by atoms with van der Waals surface area (Å²) < 4.78 is 22.1. The molecule has 4 rings (SSSR count). The van der Waals surface area contributed by atoms with Crippen molar-refractivity contribution in [3.8, 4) is 23.0 Å². The topological polar surface area (TPSA) is 61.8 Å². The summed E-state index contributed by atoms with van der Waals surface area (Å²) in [5, 5.41) is 4.29. The molecule has 0 radical (unpaired) electrons. The molecule has 0 aliphatic carbocycles. The molecule has 7 nitrogen and oxygen atoms in total. The Balaban J connectivity index is 1.46. The smallest absolute Gasteiger partial charge is 0.231 e. The van der Waals surface area contributed by atoms with E-state index in [2.05, 4.69) is 10.1 Å². The van der Waals surface area contributed by atoms with E-state index in [0.717, 1.165) is 37.3 Å². The Bertz CT molecular complexity index is 670. The number of hydrogen-bond acceptors (Lipinski definition) is 7. The quantitative estimate of drug-likeness (QED) is 0.786. The van der Waals surface area contributed by atoms with Gasteiger partial charge in [-0.25, -0.2) is 0 Å². The van der Waals surface area contributed by atoms with Gasteiger partial charge in [0.15, 0.2) is 11.5 Å². The Labute approximate surface area is 147 Å². The van der Waals surface area contributed by atoms with Gasteiger partial charge in [-0.3, -0.25) is 4.90 Å². The number of fused-ring (bicyclic) bond motifs is 1. The molecule has 7 heteroatoms. The maximum atomic E-state index is 5.67. The van der Waals surface area contributed by atoms with E-state index in [1.807, 2.05) is 6.07 Å². The van der Waals surface area contributed by atoms with Crippen molar-refractivity contribution in [1.82, 2.24) is 4.90 Å². The molecule has 0 amide bonds. The summed E-state index contributed by atoms with van der Waals surface area (Å²) in [5.74, 6) is 2.54. The summed E-state index contributed by atoms with van der Waals surface area (Å²) in [6.45, 7) is 3.42. The summed E-state index contributed by atoms with van der Waals surface area (Å²) in [7, 11) is 3.26. The van der Waals surface area contributed by atoms with E-state index in [0.29, 0.717) is 29.4 Å². The van der Waals surface area contributed by atoms with E-state index in [4.69, 9.17) is 23.8 Å². The van der Waals surface area contributed by atoms with Crippen LogP contribution in [0.2, 0.25) is 0 Å². The Morgan fingerprint density at radius 2 is 1.96 bits per heavy atom. The second kappa shape index (κ2) is 7.00. The predicted molar refractivity (Wildman–Crippen MR) is 92.0 cm³/mol. The van der Waals surface area contributed by atoms with Crippen LogP contribution >= 0.6 is 0 Å². The number of ether oxygens (including phenoxy) is 4. The zero-order valence-corrected chi connectivity index (χ0v) is 14.7. The van der Waals surface area contributed by atoms with Gasteiger partial charge in [0.25, 0.3) is 0 Å². The first-order chi connectivity index (χ1) is 12.3. The third kappa shape index (κ3) is 3.20. The van der Waals surface area contributed by atoms with Gasteiger partial charge in [-0.1, -0.05) is 5.16 Å². The molecular weight excluding hydrogens is 324 g/mol. The second-order valence-corrected chi connectivity index (χ2v) is 6.61. The van der Waals surface area contributed by atoms with Gasteiger partial charge in [-0.2, -0.15) is 0 Å². The molecule has 136 valence electrons. The highest BCUT2D eigenvalue weighted by atomic mass is 16.7. The van der Waals surface area contributed by atoms with E-state index in [-0.39, 0.29) is 12.9 Å². The normalized spacial score (nSPS) is 22.0. The average Bonchev–Trinajstić information content (AvgIpc) is 3.36. The van der Waals surface area contributed by atoms with E-state index in [9.17, 15) is 0 Å². The SMILES string of the molecule is COc1cc(C[C@H]2CC(CN3CCCC3)=NO2)c(OC)c2c1OCO2. The van der Waals surface area contributed by atoms with Crippen molar-refractivity contribution in [3.63, 3.8) is 0 Å². The standard InChI is InChI=1S/C18H24N2O5/c1-21-15-8-12(16(22-2)18-17(15)23-11-24-18)7-14-9-13(19-25-14)10-20-5-3-4-6-20/h8,14H,3-7,9-11H2,1-2H3/t14-/m0/s1. The van der Waals surface area contributed by atoms with Crippen molar-refractivity contribution in [1.29, 1.82) is 0 Å². The van der Waals surface area contributed by atoms with Crippen LogP contribution in [0.4, 0.5) is 0 Å². The number of hydrogen-bond donors (Lipinski definition) is 0. The Morgan fingerprint density at radius 1 is 1.16 bits per heavy atom. The van der Waals surface area contributed by atoms with Gasteiger partial charge in [-0.15, -0.1) is 0 Å². The fourth-order valence-corrected chi connectivity index (χ4v) is 3.73. The van der Waals surface area contributed by atoms with E-state index in [1.165, 1.54) is 12.8 Å². The molecule has 1 atom stereocenters. The van der Waals surface area contributed by atoms with Crippen LogP contribution in [0.3, 0.4) is 0 Å². The molecule has 1 aromatic rings. The third-order valence-corrected chi connectivity index (χ3v) is 4.91. The Morgan fingerprint density at radius 3 is 2.72 bits per heavy atom. The van der Waals surface area contributed by atoms with Gasteiger partial charge < -0.3 is 23.8 Å². The summed E-state index contributed by atoms with van der Waals surface area (Å²) in [4.78, 5) is 8.10. The summed E-state index contributed by atoms with van der Waals surface area (Å²) in [6, 6.07) is 1.94. The van der Waals surface area contributed by atoms with E-state index < -0.39 is 0 Å². The molecule has 1 fully saturated rings. The lowest BCUT2D eigenvalue weighted by Crippen LogP contribution is -2.27. The van der Waals surface area contributed by atoms with Crippen LogP contribution in [0.1, 0.15) is 24.8 Å². The second-order valence-electron chi connectivity index (χ2n) is 6.61. The van der Waals surface area contributed by atoms with Crippen LogP contribution < -0.4 is 18.9 Å². The molecule has 25 heavy (non-hydrogen) atoms. The number of benzene rings is 1. The van der Waals surface area contributed by atoms with Crippen molar-refractivity contribution in [3.05, 3.63) is 11.6 Å². The molecule has 3 heterocycles. The molecule has 3 aliphatic rings. The summed E-state index contributed by atoms with van der Waals surface area (Å²) >= 11 is 0. The van der Waals surface area contributed by atoms with Crippen molar-refractivity contribution >= 4 is 5.71 Å². The number of oxime groups is 1. The molecule has 1 saturated heterocycles. The van der Waals surface area contributed by atoms with E-state index in [1.54, 1.807) is 14.2 Å². The molecule has 0 N–H and O–H groups in total. The highest BCUT2D eigenvalue weighted by Crippen LogP contribution is 2.49. The van der Waals surface area contributed by atoms with E-state index >= 15 is 0 Å². The van der Waals surface area contributed by atoms with Gasteiger partial charge in [0.05, 0.1) is 19.9 Å². The largest absolute Gasteiger partial charge is 0.493 e. The minimum Gasteiger partial charge on any atom is -0.493 e. The average molecular weight is 348 g/mol. The van der Waals surface area contributed by atoms with Crippen molar-refractivity contribution in [2.24, 2.45) is 5.16 Å². The number of nitrogens with zero attached hydrogens (tertiary/aromatic N) is 2. The zero-order valence-electron chi connectivity index (χ0n) is 14.7. The first-order valence-corrected chi connectivity index (χ1v) is 8.76. The predicted octanol–water partition coefficient (Wildman–Crippen LogP) is 2.22. The Kier molecular flexibility index (Phi) is 4.57. The maximum Gasteiger partial charge on any atom is 0.231 e. The minimum atomic E-state index is 0.0107.